The summed E-state index contributed by atoms with van der Waals surface area (Å²) in [7, 11) is -3.39. The van der Waals surface area contributed by atoms with Crippen molar-refractivity contribution in [1.29, 1.82) is 0 Å². The molecule has 0 atom stereocenters. The first-order chi connectivity index (χ1) is 11.9. The first-order valence-electron chi connectivity index (χ1n) is 8.54. The van der Waals surface area contributed by atoms with Crippen LogP contribution in [0.3, 0.4) is 0 Å². The number of hydrogen-bond acceptors (Lipinski definition) is 6. The molecule has 1 aliphatic rings. The van der Waals surface area contributed by atoms with E-state index in [-0.39, 0.29) is 12.0 Å². The molecule has 2 heterocycles. The Morgan fingerprint density at radius 2 is 2.04 bits per heavy atom. The monoisotopic (exact) mass is 389 g/mol. The highest BCUT2D eigenvalue weighted by molar-refractivity contribution is 7.91. The number of hydrogen-bond donors (Lipinski definition) is 1. The van der Waals surface area contributed by atoms with Gasteiger partial charge in [0.05, 0.1) is 12.6 Å². The van der Waals surface area contributed by atoms with E-state index in [2.05, 4.69) is 5.32 Å². The van der Waals surface area contributed by atoms with E-state index in [4.69, 9.17) is 4.74 Å². The maximum atomic E-state index is 12.5. The van der Waals surface area contributed by atoms with Crippen molar-refractivity contribution in [1.82, 2.24) is 14.5 Å². The van der Waals surface area contributed by atoms with Crippen LogP contribution < -0.4 is 5.32 Å². The zero-order valence-electron chi connectivity index (χ0n) is 14.8. The van der Waals surface area contributed by atoms with Crippen molar-refractivity contribution in [3.05, 3.63) is 17.5 Å². The number of thiophene rings is 1. The molecule has 0 spiro atoms. The number of carbonyl (C=O) groups excluding carboxylic acids is 1. The number of nitrogens with zero attached hydrogens (tertiary/aromatic N) is 2. The van der Waals surface area contributed by atoms with Crippen LogP contribution in [0, 0.1) is 0 Å². The van der Waals surface area contributed by atoms with Gasteiger partial charge in [0.1, 0.15) is 4.21 Å². The average molecular weight is 390 g/mol. The summed E-state index contributed by atoms with van der Waals surface area (Å²) in [4.78, 5) is 13.9. The van der Waals surface area contributed by atoms with Gasteiger partial charge in [-0.15, -0.1) is 11.3 Å². The highest BCUT2D eigenvalue weighted by atomic mass is 32.2. The van der Waals surface area contributed by atoms with Gasteiger partial charge in [0, 0.05) is 39.3 Å². The molecule has 9 heteroatoms. The molecule has 7 nitrogen and oxygen atoms in total. The molecule has 142 valence electrons. The predicted octanol–water partition coefficient (Wildman–Crippen LogP) is 0.986. The second-order valence-corrected chi connectivity index (χ2v) is 9.35. The third kappa shape index (κ3) is 6.34. The number of carbonyl (C=O) groups is 1. The number of ether oxygens (including phenoxy) is 1. The lowest BCUT2D eigenvalue weighted by atomic mass is 10.3. The van der Waals surface area contributed by atoms with Gasteiger partial charge in [-0.2, -0.15) is 4.31 Å². The third-order valence-electron chi connectivity index (χ3n) is 3.88. The molecule has 1 aliphatic heterocycles. The number of sulfonamides is 1. The van der Waals surface area contributed by atoms with Gasteiger partial charge in [-0.05, 0) is 31.7 Å². The van der Waals surface area contributed by atoms with Crippen LogP contribution in [0.4, 0.5) is 0 Å². The topological polar surface area (TPSA) is 79.0 Å². The summed E-state index contributed by atoms with van der Waals surface area (Å²) < 4.78 is 32.2. The van der Waals surface area contributed by atoms with Gasteiger partial charge >= 0.3 is 0 Å². The van der Waals surface area contributed by atoms with Crippen molar-refractivity contribution in [2.45, 2.75) is 30.6 Å². The van der Waals surface area contributed by atoms with Gasteiger partial charge in [-0.3, -0.25) is 9.69 Å². The molecule has 0 radical (unpaired) electrons. The van der Waals surface area contributed by atoms with E-state index in [1.807, 2.05) is 18.7 Å². The van der Waals surface area contributed by atoms with E-state index in [9.17, 15) is 13.2 Å². The fourth-order valence-corrected chi connectivity index (χ4v) is 5.11. The minimum Gasteiger partial charge on any atom is -0.379 e. The summed E-state index contributed by atoms with van der Waals surface area (Å²) in [5.74, 6) is -0.0286. The van der Waals surface area contributed by atoms with Crippen molar-refractivity contribution >= 4 is 27.3 Å². The van der Waals surface area contributed by atoms with Crippen LogP contribution in [0.5, 0.6) is 0 Å². The lowest BCUT2D eigenvalue weighted by molar-refractivity contribution is -0.122. The van der Waals surface area contributed by atoms with Crippen molar-refractivity contribution in [2.75, 3.05) is 45.9 Å². The fraction of sp³-hybridized carbons (Fsp3) is 0.688. The fourth-order valence-electron chi connectivity index (χ4n) is 2.54. The molecule has 1 aromatic heterocycles. The smallest absolute Gasteiger partial charge is 0.252 e. The van der Waals surface area contributed by atoms with Gasteiger partial charge < -0.3 is 10.1 Å². The van der Waals surface area contributed by atoms with Crippen molar-refractivity contribution in [2.24, 2.45) is 0 Å². The Morgan fingerprint density at radius 3 is 2.64 bits per heavy atom. The molecule has 1 amide bonds. The molecular weight excluding hydrogens is 362 g/mol. The zero-order chi connectivity index (χ0) is 18.3. The molecule has 1 fully saturated rings. The van der Waals surface area contributed by atoms with Crippen LogP contribution in [-0.4, -0.2) is 75.5 Å². The highest BCUT2D eigenvalue weighted by Crippen LogP contribution is 2.21. The first-order valence-corrected chi connectivity index (χ1v) is 10.9. The molecular formula is C16H27N3O4S2. The normalized spacial score (nSPS) is 17.1. The Morgan fingerprint density at radius 1 is 1.32 bits per heavy atom. The largest absolute Gasteiger partial charge is 0.379 e. The summed E-state index contributed by atoms with van der Waals surface area (Å²) >= 11 is 1.23. The van der Waals surface area contributed by atoms with Crippen LogP contribution in [-0.2, 0) is 19.6 Å². The second-order valence-electron chi connectivity index (χ2n) is 6.24. The summed E-state index contributed by atoms with van der Waals surface area (Å²) in [5.41, 5.74) is 0. The molecule has 1 saturated heterocycles. The average Bonchev–Trinajstić information content (AvgIpc) is 3.10. The van der Waals surface area contributed by atoms with E-state index in [0.29, 0.717) is 50.1 Å². The van der Waals surface area contributed by atoms with Crippen molar-refractivity contribution in [3.63, 3.8) is 0 Å². The maximum Gasteiger partial charge on any atom is 0.252 e. The molecule has 1 aromatic rings. The van der Waals surface area contributed by atoms with E-state index < -0.39 is 10.0 Å². The van der Waals surface area contributed by atoms with Crippen molar-refractivity contribution in [3.8, 4) is 0 Å². The van der Waals surface area contributed by atoms with Crippen LogP contribution in [0.15, 0.2) is 21.7 Å². The Hall–Kier alpha value is -1.00. The van der Waals surface area contributed by atoms with E-state index in [1.54, 1.807) is 17.5 Å². The Labute approximate surface area is 154 Å². The standard InChI is InChI=1S/C16H27N3O4S2/c1-14(2)23-11-4-6-17-15(20)13-18-7-9-19(10-8-18)25(21,22)16-5-3-12-24-16/h3,5,12,14H,4,6-11,13H2,1-2H3,(H,17,20). The van der Waals surface area contributed by atoms with E-state index in [1.165, 1.54) is 15.6 Å². The van der Waals surface area contributed by atoms with Gasteiger partial charge in [0.15, 0.2) is 0 Å². The number of piperazine rings is 1. The molecule has 2 rings (SSSR count). The van der Waals surface area contributed by atoms with Crippen LogP contribution in [0.25, 0.3) is 0 Å². The summed E-state index contributed by atoms with van der Waals surface area (Å²) in [5, 5.41) is 4.64. The van der Waals surface area contributed by atoms with E-state index >= 15 is 0 Å². The van der Waals surface area contributed by atoms with Crippen LogP contribution in [0.2, 0.25) is 0 Å². The number of nitrogens with one attached hydrogen (secondary N) is 1. The molecule has 0 unspecified atom stereocenters. The zero-order valence-corrected chi connectivity index (χ0v) is 16.4. The molecule has 1 N–H and O–H groups in total. The van der Waals surface area contributed by atoms with E-state index in [0.717, 1.165) is 6.42 Å². The van der Waals surface area contributed by atoms with Crippen LogP contribution in [0.1, 0.15) is 20.3 Å². The molecule has 0 saturated carbocycles. The van der Waals surface area contributed by atoms with Gasteiger partial charge in [0.2, 0.25) is 5.91 Å². The van der Waals surface area contributed by atoms with Gasteiger partial charge in [-0.1, -0.05) is 6.07 Å². The van der Waals surface area contributed by atoms with Gasteiger partial charge in [0.25, 0.3) is 10.0 Å². The molecule has 0 bridgehead atoms. The van der Waals surface area contributed by atoms with Gasteiger partial charge in [-0.25, -0.2) is 8.42 Å². The minimum absolute atomic E-state index is 0.0286. The summed E-state index contributed by atoms with van der Waals surface area (Å²) in [6.07, 6.45) is 0.994. The molecule has 0 aliphatic carbocycles. The predicted molar refractivity (Wildman–Crippen MR) is 98.2 cm³/mol. The molecule has 0 aromatic carbocycles. The van der Waals surface area contributed by atoms with Crippen LogP contribution >= 0.6 is 11.3 Å². The lowest BCUT2D eigenvalue weighted by Gasteiger charge is -2.33. The maximum absolute atomic E-state index is 12.5. The Balaban J connectivity index is 1.67. The number of amides is 1. The number of rotatable bonds is 9. The first kappa shape index (κ1) is 20.3. The highest BCUT2D eigenvalue weighted by Gasteiger charge is 2.29. The summed E-state index contributed by atoms with van der Waals surface area (Å²) in [6.45, 7) is 7.45. The third-order valence-corrected chi connectivity index (χ3v) is 7.15. The van der Waals surface area contributed by atoms with Crippen molar-refractivity contribution < 1.29 is 17.9 Å². The lowest BCUT2D eigenvalue weighted by Crippen LogP contribution is -2.51. The molecule has 25 heavy (non-hydrogen) atoms. The Kier molecular flexibility index (Phi) is 7.82. The minimum atomic E-state index is -3.39. The Bertz CT molecular complexity index is 624. The SMILES string of the molecule is CC(C)OCCCNC(=O)CN1CCN(S(=O)(=O)c2cccs2)CC1. The summed E-state index contributed by atoms with van der Waals surface area (Å²) in [6, 6.07) is 3.37. The quantitative estimate of drug-likeness (QED) is 0.637. The second kappa shape index (κ2) is 9.63.